The molecule has 1 N–H and O–H groups in total. The van der Waals surface area contributed by atoms with Crippen LogP contribution in [0.2, 0.25) is 0 Å². The molecule has 1 aromatic heterocycles. The number of hydrogen-bond donors (Lipinski definition) is 1. The van der Waals surface area contributed by atoms with E-state index in [9.17, 15) is 9.59 Å². The highest BCUT2D eigenvalue weighted by molar-refractivity contribution is 6.09. The Bertz CT molecular complexity index is 917. The summed E-state index contributed by atoms with van der Waals surface area (Å²) < 4.78 is 6.48. The lowest BCUT2D eigenvalue weighted by Gasteiger charge is -2.09. The molecule has 24 heavy (non-hydrogen) atoms. The van der Waals surface area contributed by atoms with Crippen molar-refractivity contribution in [2.45, 2.75) is 13.5 Å². The molecule has 0 radical (unpaired) electrons. The minimum atomic E-state index is -0.507. The normalized spacial score (nSPS) is 10.6. The molecule has 0 aliphatic rings. The molecule has 1 heterocycles. The van der Waals surface area contributed by atoms with Crippen LogP contribution >= 0.6 is 0 Å². The van der Waals surface area contributed by atoms with Gasteiger partial charge in [0, 0.05) is 12.1 Å². The summed E-state index contributed by atoms with van der Waals surface area (Å²) in [5, 5.41) is 10.8. The molecule has 3 rings (SSSR count). The van der Waals surface area contributed by atoms with Crippen LogP contribution in [0.15, 0.2) is 42.5 Å². The van der Waals surface area contributed by atoms with Gasteiger partial charge in [-0.05, 0) is 37.3 Å². The zero-order valence-corrected chi connectivity index (χ0v) is 13.3. The zero-order chi connectivity index (χ0) is 17.1. The van der Waals surface area contributed by atoms with Gasteiger partial charge in [0.1, 0.15) is 5.52 Å². The van der Waals surface area contributed by atoms with Crippen molar-refractivity contribution in [3.05, 3.63) is 53.6 Å². The monoisotopic (exact) mass is 324 g/mol. The minimum Gasteiger partial charge on any atom is -0.465 e. The number of benzene rings is 2. The Morgan fingerprint density at radius 3 is 2.75 bits per heavy atom. The summed E-state index contributed by atoms with van der Waals surface area (Å²) in [6.45, 7) is 2.67. The Morgan fingerprint density at radius 2 is 2.00 bits per heavy atom. The Labute approximate surface area is 138 Å². The standard InChI is InChI=1S/C17H16N4O3/c1-3-21-15-9-8-11(10-14(15)19-20-21)16(22)18-13-7-5-4-6-12(13)17(23)24-2/h4-10H,3H2,1-2H3,(H,18,22). The van der Waals surface area contributed by atoms with Crippen molar-refractivity contribution < 1.29 is 14.3 Å². The van der Waals surface area contributed by atoms with Crippen molar-refractivity contribution in [1.29, 1.82) is 0 Å². The van der Waals surface area contributed by atoms with Gasteiger partial charge < -0.3 is 10.1 Å². The van der Waals surface area contributed by atoms with Gasteiger partial charge in [-0.2, -0.15) is 0 Å². The maximum atomic E-state index is 12.5. The molecule has 7 nitrogen and oxygen atoms in total. The Hall–Kier alpha value is -3.22. The lowest BCUT2D eigenvalue weighted by molar-refractivity contribution is 0.0602. The number of nitrogens with zero attached hydrogens (tertiary/aromatic N) is 3. The fourth-order valence-electron chi connectivity index (χ4n) is 2.42. The maximum absolute atomic E-state index is 12.5. The first-order valence-electron chi connectivity index (χ1n) is 7.46. The van der Waals surface area contributed by atoms with Gasteiger partial charge in [0.05, 0.1) is 23.9 Å². The second-order valence-corrected chi connectivity index (χ2v) is 5.10. The fourth-order valence-corrected chi connectivity index (χ4v) is 2.42. The first-order chi connectivity index (χ1) is 11.6. The third-order valence-electron chi connectivity index (χ3n) is 3.66. The highest BCUT2D eigenvalue weighted by Crippen LogP contribution is 2.19. The number of methoxy groups -OCH3 is 1. The average molecular weight is 324 g/mol. The number of fused-ring (bicyclic) bond motifs is 1. The van der Waals surface area contributed by atoms with Crippen LogP contribution in [-0.4, -0.2) is 34.0 Å². The van der Waals surface area contributed by atoms with E-state index in [1.807, 2.05) is 6.92 Å². The van der Waals surface area contributed by atoms with Crippen LogP contribution in [0.25, 0.3) is 11.0 Å². The van der Waals surface area contributed by atoms with Gasteiger partial charge in [0.25, 0.3) is 5.91 Å². The van der Waals surface area contributed by atoms with Gasteiger partial charge in [0.2, 0.25) is 0 Å². The predicted octanol–water partition coefficient (Wildman–Crippen LogP) is 2.49. The summed E-state index contributed by atoms with van der Waals surface area (Å²) in [6.07, 6.45) is 0. The second kappa shape index (κ2) is 6.49. The van der Waals surface area contributed by atoms with Crippen LogP contribution in [0, 0.1) is 0 Å². The van der Waals surface area contributed by atoms with Crippen LogP contribution in [0.1, 0.15) is 27.6 Å². The number of esters is 1. The molecule has 7 heteroatoms. The van der Waals surface area contributed by atoms with Gasteiger partial charge in [0.15, 0.2) is 0 Å². The summed E-state index contributed by atoms with van der Waals surface area (Å²) in [7, 11) is 1.30. The van der Waals surface area contributed by atoms with E-state index >= 15 is 0 Å². The molecule has 122 valence electrons. The highest BCUT2D eigenvalue weighted by Gasteiger charge is 2.15. The third-order valence-corrected chi connectivity index (χ3v) is 3.66. The Kier molecular flexibility index (Phi) is 4.24. The van der Waals surface area contributed by atoms with E-state index in [0.29, 0.717) is 28.9 Å². The van der Waals surface area contributed by atoms with Crippen molar-refractivity contribution in [1.82, 2.24) is 15.0 Å². The van der Waals surface area contributed by atoms with Crippen molar-refractivity contribution in [2.24, 2.45) is 0 Å². The smallest absolute Gasteiger partial charge is 0.339 e. The number of carbonyl (C=O) groups excluding carboxylic acids is 2. The van der Waals surface area contributed by atoms with E-state index in [1.165, 1.54) is 7.11 Å². The SMILES string of the molecule is CCn1nnc2cc(C(=O)Nc3ccccc3C(=O)OC)ccc21. The summed E-state index contributed by atoms with van der Waals surface area (Å²) >= 11 is 0. The van der Waals surface area contributed by atoms with E-state index in [1.54, 1.807) is 47.1 Å². The minimum absolute atomic E-state index is 0.298. The number of nitrogens with one attached hydrogen (secondary N) is 1. The molecule has 0 aliphatic heterocycles. The molecule has 2 aromatic carbocycles. The van der Waals surface area contributed by atoms with Crippen molar-refractivity contribution in [3.8, 4) is 0 Å². The fraction of sp³-hybridized carbons (Fsp3) is 0.176. The molecule has 1 amide bonds. The molecule has 0 spiro atoms. The van der Waals surface area contributed by atoms with Crippen LogP contribution in [0.3, 0.4) is 0 Å². The van der Waals surface area contributed by atoms with E-state index in [2.05, 4.69) is 15.6 Å². The first-order valence-corrected chi connectivity index (χ1v) is 7.46. The molecule has 0 bridgehead atoms. The summed E-state index contributed by atoms with van der Waals surface area (Å²) in [5.41, 5.74) is 2.64. The number of anilines is 1. The molecule has 0 fully saturated rings. The van der Waals surface area contributed by atoms with Gasteiger partial charge in [-0.25, -0.2) is 9.48 Å². The third kappa shape index (κ3) is 2.83. The number of para-hydroxylation sites is 1. The Morgan fingerprint density at radius 1 is 1.21 bits per heavy atom. The molecule has 0 aliphatic carbocycles. The molecular weight excluding hydrogens is 308 g/mol. The molecular formula is C17H16N4O3. The van der Waals surface area contributed by atoms with E-state index < -0.39 is 5.97 Å². The molecule has 0 unspecified atom stereocenters. The quantitative estimate of drug-likeness (QED) is 0.745. The largest absolute Gasteiger partial charge is 0.465 e. The van der Waals surface area contributed by atoms with E-state index in [-0.39, 0.29) is 5.91 Å². The number of amides is 1. The van der Waals surface area contributed by atoms with E-state index in [4.69, 9.17) is 4.74 Å². The lowest BCUT2D eigenvalue weighted by Crippen LogP contribution is -2.15. The number of ether oxygens (including phenoxy) is 1. The van der Waals surface area contributed by atoms with Crippen molar-refractivity contribution >= 4 is 28.6 Å². The first kappa shape index (κ1) is 15.7. The molecule has 0 saturated carbocycles. The zero-order valence-electron chi connectivity index (χ0n) is 13.3. The van der Waals surface area contributed by atoms with Gasteiger partial charge >= 0.3 is 5.97 Å². The van der Waals surface area contributed by atoms with Crippen LogP contribution < -0.4 is 5.32 Å². The maximum Gasteiger partial charge on any atom is 0.339 e. The number of aryl methyl sites for hydroxylation is 1. The van der Waals surface area contributed by atoms with Crippen molar-refractivity contribution in [2.75, 3.05) is 12.4 Å². The second-order valence-electron chi connectivity index (χ2n) is 5.10. The number of hydrogen-bond acceptors (Lipinski definition) is 5. The van der Waals surface area contributed by atoms with E-state index in [0.717, 1.165) is 5.52 Å². The Balaban J connectivity index is 1.89. The molecule has 3 aromatic rings. The topological polar surface area (TPSA) is 86.1 Å². The number of rotatable bonds is 4. The van der Waals surface area contributed by atoms with Gasteiger partial charge in [-0.15, -0.1) is 5.10 Å². The lowest BCUT2D eigenvalue weighted by atomic mass is 10.1. The van der Waals surface area contributed by atoms with Crippen LogP contribution in [-0.2, 0) is 11.3 Å². The average Bonchev–Trinajstić information content (AvgIpc) is 3.03. The van der Waals surface area contributed by atoms with Gasteiger partial charge in [-0.3, -0.25) is 4.79 Å². The summed E-state index contributed by atoms with van der Waals surface area (Å²) in [5.74, 6) is -0.841. The number of aromatic nitrogens is 3. The molecule has 0 saturated heterocycles. The predicted molar refractivity (Wildman–Crippen MR) is 88.9 cm³/mol. The summed E-state index contributed by atoms with van der Waals surface area (Å²) in [6, 6.07) is 11.9. The van der Waals surface area contributed by atoms with Crippen molar-refractivity contribution in [3.63, 3.8) is 0 Å². The molecule has 0 atom stereocenters. The number of carbonyl (C=O) groups is 2. The van der Waals surface area contributed by atoms with Gasteiger partial charge in [-0.1, -0.05) is 17.3 Å². The van der Waals surface area contributed by atoms with Crippen LogP contribution in [0.5, 0.6) is 0 Å². The highest BCUT2D eigenvalue weighted by atomic mass is 16.5. The summed E-state index contributed by atoms with van der Waals surface area (Å²) in [4.78, 5) is 24.2. The van der Waals surface area contributed by atoms with Crippen LogP contribution in [0.4, 0.5) is 5.69 Å².